The van der Waals surface area contributed by atoms with E-state index in [1.54, 1.807) is 12.1 Å². The molecule has 0 saturated carbocycles. The highest BCUT2D eigenvalue weighted by molar-refractivity contribution is 6.34. The van der Waals surface area contributed by atoms with Crippen LogP contribution >= 0.6 is 11.6 Å². The van der Waals surface area contributed by atoms with E-state index < -0.39 is 0 Å². The molecule has 1 aliphatic rings. The van der Waals surface area contributed by atoms with Crippen LogP contribution in [0.15, 0.2) is 30.9 Å². The highest BCUT2D eigenvalue weighted by Gasteiger charge is 2.30. The Kier molecular flexibility index (Phi) is 2.42. The number of benzene rings is 1. The van der Waals surface area contributed by atoms with Gasteiger partial charge >= 0.3 is 0 Å². The van der Waals surface area contributed by atoms with Gasteiger partial charge in [-0.05, 0) is 24.5 Å². The van der Waals surface area contributed by atoms with Gasteiger partial charge in [0.2, 0.25) is 0 Å². The first-order chi connectivity index (χ1) is 6.74. The minimum atomic E-state index is 0.0578. The maximum atomic E-state index is 11.9. The Morgan fingerprint density at radius 2 is 2.36 bits per heavy atom. The van der Waals surface area contributed by atoms with Crippen LogP contribution in [0.3, 0.4) is 0 Å². The number of halogens is 1. The smallest absolute Gasteiger partial charge is 0.168 e. The lowest BCUT2D eigenvalue weighted by molar-refractivity contribution is 0.0938. The van der Waals surface area contributed by atoms with Crippen LogP contribution in [-0.2, 0) is 6.42 Å². The average molecular weight is 207 g/mol. The summed E-state index contributed by atoms with van der Waals surface area (Å²) in [5, 5.41) is 0.582. The van der Waals surface area contributed by atoms with Crippen LogP contribution < -0.4 is 0 Å². The summed E-state index contributed by atoms with van der Waals surface area (Å²) >= 11 is 5.98. The fourth-order valence-electron chi connectivity index (χ4n) is 1.97. The lowest BCUT2D eigenvalue weighted by Gasteiger charge is -2.01. The number of rotatable bonds is 2. The SMILES string of the molecule is C=CCC1Cc2cccc(Cl)c2C1=O. The lowest BCUT2D eigenvalue weighted by atomic mass is 10.0. The van der Waals surface area contributed by atoms with Crippen LogP contribution in [0.2, 0.25) is 5.02 Å². The summed E-state index contributed by atoms with van der Waals surface area (Å²) in [7, 11) is 0. The van der Waals surface area contributed by atoms with Gasteiger partial charge in [-0.2, -0.15) is 0 Å². The predicted octanol–water partition coefficient (Wildman–Crippen LogP) is 3.27. The summed E-state index contributed by atoms with van der Waals surface area (Å²) in [6.07, 6.45) is 3.34. The van der Waals surface area contributed by atoms with Gasteiger partial charge in [-0.15, -0.1) is 6.58 Å². The molecule has 0 saturated heterocycles. The van der Waals surface area contributed by atoms with Crippen LogP contribution in [0.1, 0.15) is 22.3 Å². The summed E-state index contributed by atoms with van der Waals surface area (Å²) < 4.78 is 0. The van der Waals surface area contributed by atoms with Crippen molar-refractivity contribution in [3.8, 4) is 0 Å². The molecule has 2 rings (SSSR count). The van der Waals surface area contributed by atoms with Crippen molar-refractivity contribution in [3.05, 3.63) is 47.0 Å². The fraction of sp³-hybridized carbons (Fsp3) is 0.250. The number of hydrogen-bond donors (Lipinski definition) is 0. The van der Waals surface area contributed by atoms with Crippen LogP contribution in [0.25, 0.3) is 0 Å². The number of Topliss-reactive ketones (excluding diaryl/α,β-unsaturated/α-hetero) is 1. The second kappa shape index (κ2) is 3.58. The van der Waals surface area contributed by atoms with Crippen LogP contribution in [0.5, 0.6) is 0 Å². The van der Waals surface area contributed by atoms with Crippen LogP contribution in [0, 0.1) is 5.92 Å². The van der Waals surface area contributed by atoms with Gasteiger partial charge in [0.05, 0.1) is 5.02 Å². The summed E-state index contributed by atoms with van der Waals surface area (Å²) in [6.45, 7) is 3.66. The molecular weight excluding hydrogens is 196 g/mol. The van der Waals surface area contributed by atoms with Gasteiger partial charge in [-0.3, -0.25) is 4.79 Å². The molecule has 0 aliphatic heterocycles. The summed E-state index contributed by atoms with van der Waals surface area (Å²) in [4.78, 5) is 11.9. The largest absolute Gasteiger partial charge is 0.294 e. The van der Waals surface area contributed by atoms with Gasteiger partial charge in [0.25, 0.3) is 0 Å². The third kappa shape index (κ3) is 1.38. The van der Waals surface area contributed by atoms with E-state index in [1.807, 2.05) is 12.1 Å². The number of allylic oxidation sites excluding steroid dienone is 1. The number of ketones is 1. The summed E-state index contributed by atoms with van der Waals surface area (Å²) in [6, 6.07) is 5.64. The fourth-order valence-corrected chi connectivity index (χ4v) is 2.26. The van der Waals surface area contributed by atoms with Gasteiger partial charge in [0, 0.05) is 11.5 Å². The zero-order valence-corrected chi connectivity index (χ0v) is 8.55. The molecule has 1 aromatic rings. The van der Waals surface area contributed by atoms with E-state index in [9.17, 15) is 4.79 Å². The minimum absolute atomic E-state index is 0.0578. The van der Waals surface area contributed by atoms with Gasteiger partial charge in [-0.25, -0.2) is 0 Å². The first-order valence-electron chi connectivity index (χ1n) is 4.66. The molecule has 0 amide bonds. The standard InChI is InChI=1S/C12H11ClO/c1-2-4-9-7-8-5-3-6-10(13)11(8)12(9)14/h2-3,5-6,9H,1,4,7H2. The number of carbonyl (C=O) groups is 1. The Hall–Kier alpha value is -1.08. The van der Waals surface area contributed by atoms with Crippen molar-refractivity contribution in [1.29, 1.82) is 0 Å². The Morgan fingerprint density at radius 1 is 1.57 bits per heavy atom. The Bertz CT molecular complexity index is 395. The molecule has 0 fully saturated rings. The van der Waals surface area contributed by atoms with Crippen molar-refractivity contribution in [2.45, 2.75) is 12.8 Å². The van der Waals surface area contributed by atoms with E-state index >= 15 is 0 Å². The maximum absolute atomic E-state index is 11.9. The molecule has 1 aliphatic carbocycles. The second-order valence-corrected chi connectivity index (χ2v) is 3.97. The van der Waals surface area contributed by atoms with Crippen molar-refractivity contribution in [2.75, 3.05) is 0 Å². The van der Waals surface area contributed by atoms with Gasteiger partial charge in [0.1, 0.15) is 0 Å². The molecule has 72 valence electrons. The molecule has 0 heterocycles. The first kappa shape index (κ1) is 9.47. The van der Waals surface area contributed by atoms with E-state index in [1.165, 1.54) is 0 Å². The quantitative estimate of drug-likeness (QED) is 0.679. The van der Waals surface area contributed by atoms with E-state index in [4.69, 9.17) is 11.6 Å². The molecule has 0 bridgehead atoms. The number of fused-ring (bicyclic) bond motifs is 1. The first-order valence-corrected chi connectivity index (χ1v) is 5.04. The summed E-state index contributed by atoms with van der Waals surface area (Å²) in [5.74, 6) is 0.230. The number of hydrogen-bond acceptors (Lipinski definition) is 1. The van der Waals surface area contributed by atoms with Crippen LogP contribution in [-0.4, -0.2) is 5.78 Å². The monoisotopic (exact) mass is 206 g/mol. The van der Waals surface area contributed by atoms with E-state index in [0.29, 0.717) is 5.02 Å². The highest BCUT2D eigenvalue weighted by atomic mass is 35.5. The van der Waals surface area contributed by atoms with E-state index in [0.717, 1.165) is 24.0 Å². The van der Waals surface area contributed by atoms with Crippen molar-refractivity contribution >= 4 is 17.4 Å². The minimum Gasteiger partial charge on any atom is -0.294 e. The Labute approximate surface area is 88.4 Å². The van der Waals surface area contributed by atoms with Gasteiger partial charge in [0.15, 0.2) is 5.78 Å². The molecule has 0 radical (unpaired) electrons. The lowest BCUT2D eigenvalue weighted by Crippen LogP contribution is -2.07. The molecule has 1 unspecified atom stereocenters. The topological polar surface area (TPSA) is 17.1 Å². The van der Waals surface area contributed by atoms with Crippen molar-refractivity contribution < 1.29 is 4.79 Å². The molecule has 1 atom stereocenters. The van der Waals surface area contributed by atoms with Crippen molar-refractivity contribution in [1.82, 2.24) is 0 Å². The van der Waals surface area contributed by atoms with Gasteiger partial charge < -0.3 is 0 Å². The Morgan fingerprint density at radius 3 is 3.00 bits per heavy atom. The van der Waals surface area contributed by atoms with Crippen molar-refractivity contribution in [3.63, 3.8) is 0 Å². The average Bonchev–Trinajstić information content (AvgIpc) is 2.46. The molecule has 0 spiro atoms. The molecule has 1 nitrogen and oxygen atoms in total. The highest BCUT2D eigenvalue weighted by Crippen LogP contribution is 2.33. The third-order valence-electron chi connectivity index (χ3n) is 2.63. The van der Waals surface area contributed by atoms with E-state index in [2.05, 4.69) is 6.58 Å². The van der Waals surface area contributed by atoms with Crippen molar-refractivity contribution in [2.24, 2.45) is 5.92 Å². The normalized spacial score (nSPS) is 19.5. The van der Waals surface area contributed by atoms with E-state index in [-0.39, 0.29) is 11.7 Å². The zero-order chi connectivity index (χ0) is 10.1. The molecule has 0 N–H and O–H groups in total. The Balaban J connectivity index is 2.41. The summed E-state index contributed by atoms with van der Waals surface area (Å²) in [5.41, 5.74) is 1.80. The molecule has 2 heteroatoms. The van der Waals surface area contributed by atoms with Gasteiger partial charge in [-0.1, -0.05) is 29.8 Å². The zero-order valence-electron chi connectivity index (χ0n) is 7.79. The molecule has 14 heavy (non-hydrogen) atoms. The number of carbonyl (C=O) groups excluding carboxylic acids is 1. The predicted molar refractivity (Wildman–Crippen MR) is 57.8 cm³/mol. The third-order valence-corrected chi connectivity index (χ3v) is 2.95. The van der Waals surface area contributed by atoms with Crippen LogP contribution in [0.4, 0.5) is 0 Å². The molecular formula is C12H11ClO. The molecule has 1 aromatic carbocycles. The maximum Gasteiger partial charge on any atom is 0.168 e. The molecule has 0 aromatic heterocycles. The second-order valence-electron chi connectivity index (χ2n) is 3.56.